The summed E-state index contributed by atoms with van der Waals surface area (Å²) in [6.45, 7) is 6.94. The number of benzene rings is 2. The number of carbonyl (C=O) groups excluding carboxylic acids is 2. The molecule has 0 saturated heterocycles. The van der Waals surface area contributed by atoms with Gasteiger partial charge >= 0.3 is 6.09 Å². The second-order valence-corrected chi connectivity index (χ2v) is 11.5. The Morgan fingerprint density at radius 3 is 2.17 bits per heavy atom. The molecule has 1 aliphatic rings. The van der Waals surface area contributed by atoms with Gasteiger partial charge in [0, 0.05) is 10.4 Å². The average molecular weight is 494 g/mol. The van der Waals surface area contributed by atoms with E-state index in [0.717, 1.165) is 10.0 Å². The molecule has 0 radical (unpaired) electrons. The number of alkyl carbamates (subject to hydrolysis) is 1. The van der Waals surface area contributed by atoms with E-state index >= 15 is 0 Å². The molecule has 30 heavy (non-hydrogen) atoms. The molecule has 1 amide bonds. The number of amides is 1. The quantitative estimate of drug-likeness (QED) is 0.631. The van der Waals surface area contributed by atoms with Crippen molar-refractivity contribution in [1.82, 2.24) is 5.32 Å². The minimum atomic E-state index is -3.91. The zero-order valence-electron chi connectivity index (χ0n) is 17.2. The third kappa shape index (κ3) is 4.30. The highest BCUT2D eigenvalue weighted by molar-refractivity contribution is 9.10. The molecule has 0 bridgehead atoms. The monoisotopic (exact) mass is 493 g/mol. The van der Waals surface area contributed by atoms with Crippen LogP contribution in [0.2, 0.25) is 0 Å². The Morgan fingerprint density at radius 2 is 1.67 bits per heavy atom. The van der Waals surface area contributed by atoms with Crippen LogP contribution in [-0.2, 0) is 19.4 Å². The first-order valence-electron chi connectivity index (χ1n) is 9.44. The van der Waals surface area contributed by atoms with Gasteiger partial charge in [-0.25, -0.2) is 13.2 Å². The Morgan fingerprint density at radius 1 is 1.10 bits per heavy atom. The van der Waals surface area contributed by atoms with Crippen molar-refractivity contribution in [2.75, 3.05) is 0 Å². The maximum atomic E-state index is 13.4. The topological polar surface area (TPSA) is 89.5 Å². The number of rotatable bonds is 5. The summed E-state index contributed by atoms with van der Waals surface area (Å²) in [7, 11) is -3.91. The van der Waals surface area contributed by atoms with Gasteiger partial charge in [0.2, 0.25) is 0 Å². The van der Waals surface area contributed by atoms with Crippen LogP contribution >= 0.6 is 15.9 Å². The van der Waals surface area contributed by atoms with Crippen molar-refractivity contribution in [3.05, 3.63) is 64.1 Å². The molecule has 0 aliphatic heterocycles. The van der Waals surface area contributed by atoms with Crippen LogP contribution in [-0.4, -0.2) is 37.2 Å². The fourth-order valence-electron chi connectivity index (χ4n) is 3.60. The molecule has 1 N–H and O–H groups in total. The zero-order chi connectivity index (χ0) is 22.3. The van der Waals surface area contributed by atoms with Crippen molar-refractivity contribution in [1.29, 1.82) is 0 Å². The van der Waals surface area contributed by atoms with E-state index in [1.54, 1.807) is 57.2 Å². The first-order chi connectivity index (χ1) is 13.9. The van der Waals surface area contributed by atoms with E-state index in [4.69, 9.17) is 4.74 Å². The fourth-order valence-corrected chi connectivity index (χ4v) is 6.11. The van der Waals surface area contributed by atoms with Crippen LogP contribution in [0.15, 0.2) is 57.9 Å². The summed E-state index contributed by atoms with van der Waals surface area (Å²) in [5.74, 6) is -0.734. The van der Waals surface area contributed by atoms with Gasteiger partial charge in [0.25, 0.3) is 0 Å². The van der Waals surface area contributed by atoms with Gasteiger partial charge in [-0.3, -0.25) is 0 Å². The molecule has 2 aromatic rings. The van der Waals surface area contributed by atoms with E-state index in [1.165, 1.54) is 12.1 Å². The van der Waals surface area contributed by atoms with Gasteiger partial charge < -0.3 is 14.8 Å². The number of hydrogen-bond donors (Lipinski definition) is 1. The van der Waals surface area contributed by atoms with E-state index in [1.807, 2.05) is 6.92 Å². The van der Waals surface area contributed by atoms with Crippen molar-refractivity contribution in [2.24, 2.45) is 0 Å². The third-order valence-electron chi connectivity index (χ3n) is 5.00. The van der Waals surface area contributed by atoms with Crippen molar-refractivity contribution in [3.63, 3.8) is 0 Å². The van der Waals surface area contributed by atoms with Gasteiger partial charge in [-0.05, 0) is 57.5 Å². The summed E-state index contributed by atoms with van der Waals surface area (Å²) in [6.07, 6.45) is -0.321. The number of ether oxygens (including phenoxy) is 1. The van der Waals surface area contributed by atoms with E-state index < -0.39 is 38.2 Å². The number of aldehydes is 1. The lowest BCUT2D eigenvalue weighted by Crippen LogP contribution is -2.45. The van der Waals surface area contributed by atoms with Crippen LogP contribution in [0.3, 0.4) is 0 Å². The largest absolute Gasteiger partial charge is 0.444 e. The number of hydrogen-bond acceptors (Lipinski definition) is 5. The van der Waals surface area contributed by atoms with Gasteiger partial charge in [-0.1, -0.05) is 45.8 Å². The fraction of sp³-hybridized carbons (Fsp3) is 0.364. The highest BCUT2D eigenvalue weighted by Crippen LogP contribution is 2.56. The van der Waals surface area contributed by atoms with E-state index in [0.29, 0.717) is 11.8 Å². The highest BCUT2D eigenvalue weighted by atomic mass is 79.9. The summed E-state index contributed by atoms with van der Waals surface area (Å²) >= 11 is 3.35. The van der Waals surface area contributed by atoms with Crippen LogP contribution in [0.5, 0.6) is 0 Å². The van der Waals surface area contributed by atoms with Gasteiger partial charge in [-0.15, -0.1) is 0 Å². The van der Waals surface area contributed by atoms with Gasteiger partial charge in [0.1, 0.15) is 22.7 Å². The Kier molecular flexibility index (Phi) is 5.86. The number of sulfone groups is 1. The maximum Gasteiger partial charge on any atom is 0.408 e. The van der Waals surface area contributed by atoms with E-state index in [-0.39, 0.29) is 4.90 Å². The maximum absolute atomic E-state index is 13.4. The molecule has 6 nitrogen and oxygen atoms in total. The first-order valence-corrected chi connectivity index (χ1v) is 11.8. The van der Waals surface area contributed by atoms with Crippen LogP contribution in [0.1, 0.15) is 37.8 Å². The minimum absolute atomic E-state index is 0.106. The van der Waals surface area contributed by atoms with Crippen LogP contribution in [0.25, 0.3) is 0 Å². The Labute approximate surface area is 185 Å². The normalized spacial score (nSPS) is 23.5. The molecular weight excluding hydrogens is 470 g/mol. The van der Waals surface area contributed by atoms with E-state index in [2.05, 4.69) is 21.2 Å². The van der Waals surface area contributed by atoms with Gasteiger partial charge in [-0.2, -0.15) is 0 Å². The molecule has 160 valence electrons. The molecule has 1 aliphatic carbocycles. The second kappa shape index (κ2) is 7.81. The molecule has 3 atom stereocenters. The molecule has 0 heterocycles. The third-order valence-corrected chi connectivity index (χ3v) is 7.79. The van der Waals surface area contributed by atoms with Gasteiger partial charge in [0.05, 0.1) is 4.90 Å². The molecule has 3 rings (SSSR count). The lowest BCUT2D eigenvalue weighted by Gasteiger charge is -2.22. The second-order valence-electron chi connectivity index (χ2n) is 8.49. The van der Waals surface area contributed by atoms with Crippen molar-refractivity contribution >= 4 is 38.1 Å². The van der Waals surface area contributed by atoms with Gasteiger partial charge in [0.15, 0.2) is 9.84 Å². The lowest BCUT2D eigenvalue weighted by molar-refractivity contribution is -0.110. The van der Waals surface area contributed by atoms with Crippen molar-refractivity contribution in [3.8, 4) is 0 Å². The number of aryl methyl sites for hydroxylation is 1. The van der Waals surface area contributed by atoms with Crippen LogP contribution in [0, 0.1) is 6.92 Å². The number of nitrogens with one attached hydrogen (secondary N) is 1. The van der Waals surface area contributed by atoms with Crippen molar-refractivity contribution in [2.45, 2.75) is 54.9 Å². The van der Waals surface area contributed by atoms with Crippen LogP contribution < -0.4 is 5.32 Å². The SMILES string of the molecule is Cc1ccc(S(=O)(=O)[C@H]2[C@H](c3ccc(Br)cc3)[C@@]2(C=O)NC(=O)OC(C)(C)C)cc1. The summed E-state index contributed by atoms with van der Waals surface area (Å²) in [4.78, 5) is 24.8. The minimum Gasteiger partial charge on any atom is -0.444 e. The van der Waals surface area contributed by atoms with Crippen molar-refractivity contribution < 1.29 is 22.7 Å². The Balaban J connectivity index is 2.04. The molecule has 2 aromatic carbocycles. The molecular formula is C22H24BrNO5S. The average Bonchev–Trinajstić information content (AvgIpc) is 3.30. The first kappa shape index (κ1) is 22.5. The number of carbonyl (C=O) groups is 2. The zero-order valence-corrected chi connectivity index (χ0v) is 19.6. The molecule has 0 spiro atoms. The standard InChI is InChI=1S/C22H24BrNO5S/c1-14-5-11-17(12-6-14)30(27,28)19-18(15-7-9-16(23)10-8-15)22(19,13-25)24-20(26)29-21(2,3)4/h5-13,18-19H,1-4H3,(H,24,26)/t18-,19-,22+/m0/s1. The molecule has 8 heteroatoms. The Hall–Kier alpha value is -2.19. The highest BCUT2D eigenvalue weighted by Gasteiger charge is 2.73. The number of halogens is 1. The summed E-state index contributed by atoms with van der Waals surface area (Å²) in [5, 5.41) is 1.41. The smallest absolute Gasteiger partial charge is 0.408 e. The summed E-state index contributed by atoms with van der Waals surface area (Å²) < 4.78 is 33.0. The van der Waals surface area contributed by atoms with Crippen LogP contribution in [0.4, 0.5) is 4.79 Å². The summed E-state index contributed by atoms with van der Waals surface area (Å²) in [5.41, 5.74) is -0.841. The molecule has 1 saturated carbocycles. The Bertz CT molecular complexity index is 1060. The predicted octanol–water partition coefficient (Wildman–Crippen LogP) is 4.16. The summed E-state index contributed by atoms with van der Waals surface area (Å²) in [6, 6.07) is 13.5. The lowest BCUT2D eigenvalue weighted by atomic mass is 10.1. The van der Waals surface area contributed by atoms with E-state index in [9.17, 15) is 18.0 Å². The molecule has 0 aromatic heterocycles. The molecule has 0 unspecified atom stereocenters. The predicted molar refractivity (Wildman–Crippen MR) is 117 cm³/mol. The molecule has 1 fully saturated rings.